The number of rotatable bonds is 7. The molecule has 1 aromatic carbocycles. The zero-order valence-corrected chi connectivity index (χ0v) is 13.8. The Balaban J connectivity index is 2.12. The van der Waals surface area contributed by atoms with Gasteiger partial charge in [0.25, 0.3) is 5.91 Å². The van der Waals surface area contributed by atoms with Crippen molar-refractivity contribution in [2.24, 2.45) is 0 Å². The first kappa shape index (κ1) is 18.0. The molecule has 130 valence electrons. The molecule has 0 fully saturated rings. The summed E-state index contributed by atoms with van der Waals surface area (Å²) >= 11 is 0. The van der Waals surface area contributed by atoms with Gasteiger partial charge in [-0.05, 0) is 31.2 Å². The molecule has 3 N–H and O–H groups in total. The van der Waals surface area contributed by atoms with E-state index in [9.17, 15) is 9.59 Å². The van der Waals surface area contributed by atoms with E-state index in [-0.39, 0.29) is 11.5 Å². The van der Waals surface area contributed by atoms with Crippen LogP contribution in [-0.4, -0.2) is 18.4 Å². The number of furan rings is 1. The Morgan fingerprint density at radius 1 is 1.36 bits per heavy atom. The monoisotopic (exact) mass is 342 g/mol. The Labute approximate surface area is 144 Å². The fourth-order valence-corrected chi connectivity index (χ4v) is 2.09. The van der Waals surface area contributed by atoms with E-state index in [0.717, 1.165) is 0 Å². The van der Waals surface area contributed by atoms with Crippen LogP contribution in [0.15, 0.2) is 41.0 Å². The van der Waals surface area contributed by atoms with Crippen LogP contribution in [0.25, 0.3) is 0 Å². The van der Waals surface area contributed by atoms with Crippen LogP contribution in [0.2, 0.25) is 0 Å². The summed E-state index contributed by atoms with van der Waals surface area (Å²) in [5, 5.41) is 11.8. The van der Waals surface area contributed by atoms with Gasteiger partial charge in [0.2, 0.25) is 5.91 Å². The van der Waals surface area contributed by atoms with Crippen LogP contribution < -0.4 is 20.9 Å². The number of nitrogens with zero attached hydrogens (tertiary/aromatic N) is 1. The number of carbonyl (C=O) groups excluding carboxylic acids is 2. The minimum absolute atomic E-state index is 0.225. The highest BCUT2D eigenvalue weighted by molar-refractivity contribution is 5.98. The van der Waals surface area contributed by atoms with Gasteiger partial charge in [0, 0.05) is 18.7 Å². The molecular formula is C17H18N4O4. The van der Waals surface area contributed by atoms with Gasteiger partial charge in [-0.1, -0.05) is 0 Å². The van der Waals surface area contributed by atoms with Gasteiger partial charge in [-0.2, -0.15) is 5.26 Å². The third kappa shape index (κ3) is 4.83. The van der Waals surface area contributed by atoms with Crippen molar-refractivity contribution in [2.75, 3.05) is 11.9 Å². The molecule has 0 saturated heterocycles. The molecule has 1 unspecified atom stereocenters. The Morgan fingerprint density at radius 3 is 2.76 bits per heavy atom. The molecule has 0 bridgehead atoms. The zero-order chi connectivity index (χ0) is 18.2. The molecule has 0 aliphatic rings. The Morgan fingerprint density at radius 2 is 2.16 bits per heavy atom. The van der Waals surface area contributed by atoms with Crippen LogP contribution in [0, 0.1) is 11.3 Å². The predicted molar refractivity (Wildman–Crippen MR) is 89.6 cm³/mol. The van der Waals surface area contributed by atoms with Crippen molar-refractivity contribution in [3.8, 4) is 11.8 Å². The third-order valence-corrected chi connectivity index (χ3v) is 3.13. The number of anilines is 1. The molecule has 0 aliphatic carbocycles. The smallest absolute Gasteiger partial charge is 0.269 e. The number of carbonyl (C=O) groups is 2. The first-order valence-corrected chi connectivity index (χ1v) is 7.58. The summed E-state index contributed by atoms with van der Waals surface area (Å²) in [5.41, 5.74) is 5.85. The van der Waals surface area contributed by atoms with Gasteiger partial charge in [0.05, 0.1) is 24.5 Å². The molecule has 25 heavy (non-hydrogen) atoms. The predicted octanol–water partition coefficient (Wildman–Crippen LogP) is 2.14. The molecule has 2 rings (SSSR count). The minimum atomic E-state index is -0.826. The molecule has 1 atom stereocenters. The number of hydrogen-bond acceptors (Lipinski definition) is 6. The summed E-state index contributed by atoms with van der Waals surface area (Å²) in [6, 6.07) is 9.12. The molecule has 2 amide bonds. The van der Waals surface area contributed by atoms with E-state index in [1.807, 2.05) is 6.07 Å². The summed E-state index contributed by atoms with van der Waals surface area (Å²) in [6.07, 6.45) is 1.44. The number of nitrogens with one attached hydrogen (secondary N) is 3. The van der Waals surface area contributed by atoms with E-state index in [2.05, 4.69) is 16.2 Å². The van der Waals surface area contributed by atoms with Crippen LogP contribution in [0.4, 0.5) is 5.69 Å². The summed E-state index contributed by atoms with van der Waals surface area (Å²) in [4.78, 5) is 23.5. The fraction of sp³-hybridized carbons (Fsp3) is 0.235. The normalized spacial score (nSPS) is 11.2. The van der Waals surface area contributed by atoms with E-state index in [1.54, 1.807) is 31.2 Å². The maximum absolute atomic E-state index is 12.4. The van der Waals surface area contributed by atoms with Crippen LogP contribution >= 0.6 is 0 Å². The molecular weight excluding hydrogens is 324 g/mol. The summed E-state index contributed by atoms with van der Waals surface area (Å²) in [6.45, 7) is 3.53. The van der Waals surface area contributed by atoms with E-state index in [1.165, 1.54) is 19.3 Å². The van der Waals surface area contributed by atoms with Gasteiger partial charge < -0.3 is 14.5 Å². The van der Waals surface area contributed by atoms with Gasteiger partial charge in [0.15, 0.2) is 6.04 Å². The second kappa shape index (κ2) is 8.52. The zero-order valence-electron chi connectivity index (χ0n) is 13.8. The van der Waals surface area contributed by atoms with Gasteiger partial charge in [0.1, 0.15) is 11.5 Å². The van der Waals surface area contributed by atoms with Crippen LogP contribution in [0.3, 0.4) is 0 Å². The van der Waals surface area contributed by atoms with Gasteiger partial charge >= 0.3 is 0 Å². The number of amides is 2. The molecule has 8 heteroatoms. The van der Waals surface area contributed by atoms with Gasteiger partial charge in [-0.25, -0.2) is 5.43 Å². The molecule has 8 nitrogen and oxygen atoms in total. The molecule has 0 radical (unpaired) electrons. The summed E-state index contributed by atoms with van der Waals surface area (Å²) < 4.78 is 10.6. The van der Waals surface area contributed by atoms with Crippen LogP contribution in [0.1, 0.15) is 36.0 Å². The molecule has 0 saturated carbocycles. The van der Waals surface area contributed by atoms with Gasteiger partial charge in [-0.15, -0.1) is 0 Å². The molecule has 1 aromatic heterocycles. The van der Waals surface area contributed by atoms with Crippen LogP contribution in [-0.2, 0) is 4.79 Å². The largest absolute Gasteiger partial charge is 0.493 e. The van der Waals surface area contributed by atoms with Crippen molar-refractivity contribution >= 4 is 17.5 Å². The average molecular weight is 342 g/mol. The minimum Gasteiger partial charge on any atom is -0.493 e. The topological polar surface area (TPSA) is 116 Å². The SMILES string of the molecule is CCOc1cc(NC(C)=O)ccc1C(=O)NNC(C#N)c1ccco1. The van der Waals surface area contributed by atoms with Gasteiger partial charge in [-0.3, -0.25) is 15.0 Å². The van der Waals surface area contributed by atoms with Crippen molar-refractivity contribution < 1.29 is 18.7 Å². The third-order valence-electron chi connectivity index (χ3n) is 3.13. The highest BCUT2D eigenvalue weighted by Gasteiger charge is 2.17. The Kier molecular flexibility index (Phi) is 6.14. The lowest BCUT2D eigenvalue weighted by atomic mass is 10.1. The summed E-state index contributed by atoms with van der Waals surface area (Å²) in [7, 11) is 0. The maximum Gasteiger partial charge on any atom is 0.269 e. The molecule has 0 aliphatic heterocycles. The fourth-order valence-electron chi connectivity index (χ4n) is 2.09. The second-order valence-corrected chi connectivity index (χ2v) is 5.00. The number of hydrazine groups is 1. The van der Waals surface area contributed by atoms with E-state index in [0.29, 0.717) is 23.8 Å². The van der Waals surface area contributed by atoms with Crippen molar-refractivity contribution in [2.45, 2.75) is 19.9 Å². The van der Waals surface area contributed by atoms with Crippen molar-refractivity contribution in [3.05, 3.63) is 47.9 Å². The van der Waals surface area contributed by atoms with E-state index >= 15 is 0 Å². The number of hydrogen-bond donors (Lipinski definition) is 3. The Bertz CT molecular complexity index is 780. The quantitative estimate of drug-likeness (QED) is 0.664. The maximum atomic E-state index is 12.4. The number of nitriles is 1. The lowest BCUT2D eigenvalue weighted by molar-refractivity contribution is -0.114. The first-order chi connectivity index (χ1) is 12.0. The second-order valence-electron chi connectivity index (χ2n) is 5.00. The van der Waals surface area contributed by atoms with Crippen molar-refractivity contribution in [3.63, 3.8) is 0 Å². The van der Waals surface area contributed by atoms with E-state index in [4.69, 9.17) is 14.4 Å². The molecule has 0 spiro atoms. The molecule has 1 heterocycles. The lowest BCUT2D eigenvalue weighted by Gasteiger charge is -2.14. The van der Waals surface area contributed by atoms with E-state index < -0.39 is 11.9 Å². The van der Waals surface area contributed by atoms with Crippen molar-refractivity contribution in [1.82, 2.24) is 10.9 Å². The number of benzene rings is 1. The molecule has 2 aromatic rings. The lowest BCUT2D eigenvalue weighted by Crippen LogP contribution is -2.39. The van der Waals surface area contributed by atoms with Crippen molar-refractivity contribution in [1.29, 1.82) is 5.26 Å². The summed E-state index contributed by atoms with van der Waals surface area (Å²) in [5.74, 6) is -0.00495. The first-order valence-electron chi connectivity index (χ1n) is 7.58. The highest BCUT2D eigenvalue weighted by atomic mass is 16.5. The number of ether oxygens (including phenoxy) is 1. The van der Waals surface area contributed by atoms with Crippen LogP contribution in [0.5, 0.6) is 5.75 Å². The average Bonchev–Trinajstić information content (AvgIpc) is 3.09. The highest BCUT2D eigenvalue weighted by Crippen LogP contribution is 2.23. The Hall–Kier alpha value is -3.31. The standard InChI is InChI=1S/C17H18N4O4/c1-3-24-16-9-12(19-11(2)22)6-7-13(16)17(23)21-20-14(10-18)15-5-4-8-25-15/h4-9,14,20H,3H2,1-2H3,(H,19,22)(H,21,23).